The fraction of sp³-hybridized carbons (Fsp3) is 0.667. The van der Waals surface area contributed by atoms with Crippen LogP contribution in [0.5, 0.6) is 0 Å². The Hall–Kier alpha value is -1.94. The molecule has 0 amide bonds. The van der Waals surface area contributed by atoms with Crippen LogP contribution in [-0.2, 0) is 19.4 Å². The van der Waals surface area contributed by atoms with Crippen molar-refractivity contribution in [3.8, 4) is 0 Å². The minimum atomic E-state index is -5.08. The molecule has 6 nitrogen and oxygen atoms in total. The number of piperidine rings is 1. The fourth-order valence-electron chi connectivity index (χ4n) is 3.87. The molecule has 1 N–H and O–H groups in total. The SMILES string of the molecule is CC(C)(C)C(=O)C1CCCN(CCCC(C)(C)S(=O)(=O)c2ccccc2)C1.O=C(O)C(F)(F)F. The second-order valence-electron chi connectivity index (χ2n) is 10.2. The van der Waals surface area contributed by atoms with Gasteiger partial charge in [-0.25, -0.2) is 13.2 Å². The summed E-state index contributed by atoms with van der Waals surface area (Å²) >= 11 is 0. The van der Waals surface area contributed by atoms with E-state index < -0.39 is 26.7 Å². The smallest absolute Gasteiger partial charge is 0.475 e. The predicted octanol–water partition coefficient (Wildman–Crippen LogP) is 4.98. The van der Waals surface area contributed by atoms with E-state index in [4.69, 9.17) is 9.90 Å². The summed E-state index contributed by atoms with van der Waals surface area (Å²) in [4.78, 5) is 24.2. The van der Waals surface area contributed by atoms with Crippen molar-refractivity contribution in [1.29, 1.82) is 0 Å². The van der Waals surface area contributed by atoms with Crippen LogP contribution in [0.3, 0.4) is 0 Å². The van der Waals surface area contributed by atoms with E-state index in [0.717, 1.165) is 38.9 Å². The van der Waals surface area contributed by atoms with E-state index in [-0.39, 0.29) is 11.3 Å². The lowest BCUT2D eigenvalue weighted by atomic mass is 9.79. The van der Waals surface area contributed by atoms with Crippen molar-refractivity contribution in [3.63, 3.8) is 0 Å². The number of carbonyl (C=O) groups is 2. The summed E-state index contributed by atoms with van der Waals surface area (Å²) < 4.78 is 56.8. The minimum absolute atomic E-state index is 0.111. The standard InChI is InChI=1S/C22H35NO3S.C2HF3O2/c1-21(2,3)20(24)18-11-9-15-23(17-18)16-10-14-22(4,5)27(25,26)19-12-7-6-8-13-19;3-2(4,5)1(6)7/h6-8,12-13,18H,9-11,14-17H2,1-5H3;(H,6,7). The third kappa shape index (κ3) is 8.69. The van der Waals surface area contributed by atoms with Gasteiger partial charge in [0, 0.05) is 17.9 Å². The van der Waals surface area contributed by atoms with Crippen molar-refractivity contribution < 1.29 is 36.3 Å². The highest BCUT2D eigenvalue weighted by molar-refractivity contribution is 7.92. The first-order valence-corrected chi connectivity index (χ1v) is 12.7. The molecule has 0 bridgehead atoms. The molecule has 0 spiro atoms. The van der Waals surface area contributed by atoms with Crippen LogP contribution < -0.4 is 0 Å². The number of rotatable bonds is 7. The van der Waals surface area contributed by atoms with E-state index in [1.54, 1.807) is 24.3 Å². The number of carboxylic acids is 1. The van der Waals surface area contributed by atoms with Crippen LogP contribution in [0.15, 0.2) is 35.2 Å². The molecule has 10 heteroatoms. The lowest BCUT2D eigenvalue weighted by Crippen LogP contribution is -2.43. The Morgan fingerprint density at radius 1 is 1.06 bits per heavy atom. The number of likely N-dealkylation sites (tertiary alicyclic amines) is 1. The number of Topliss-reactive ketones (excluding diaryl/α,β-unsaturated/α-hetero) is 1. The molecule has 1 heterocycles. The lowest BCUT2D eigenvalue weighted by Gasteiger charge is -2.35. The molecule has 1 unspecified atom stereocenters. The Bertz CT molecular complexity index is 922. The van der Waals surface area contributed by atoms with Crippen molar-refractivity contribution in [1.82, 2.24) is 4.90 Å². The topological polar surface area (TPSA) is 91.8 Å². The highest BCUT2D eigenvalue weighted by Crippen LogP contribution is 2.31. The zero-order chi connectivity index (χ0) is 26.4. The fourth-order valence-corrected chi connectivity index (χ4v) is 5.43. The molecule has 2 rings (SSSR count). The molecule has 0 aromatic heterocycles. The average Bonchev–Trinajstić information content (AvgIpc) is 2.73. The molecule has 1 atom stereocenters. The predicted molar refractivity (Wildman–Crippen MR) is 124 cm³/mol. The average molecular weight is 508 g/mol. The highest BCUT2D eigenvalue weighted by Gasteiger charge is 2.38. The van der Waals surface area contributed by atoms with Crippen molar-refractivity contribution in [3.05, 3.63) is 30.3 Å². The first-order chi connectivity index (χ1) is 15.4. The Kier molecular flexibility index (Phi) is 10.3. The van der Waals surface area contributed by atoms with E-state index in [0.29, 0.717) is 17.1 Å². The maximum Gasteiger partial charge on any atom is 0.490 e. The van der Waals surface area contributed by atoms with E-state index in [1.165, 1.54) is 0 Å². The highest BCUT2D eigenvalue weighted by atomic mass is 32.2. The monoisotopic (exact) mass is 507 g/mol. The van der Waals surface area contributed by atoms with Crippen LogP contribution in [-0.4, -0.2) is 60.7 Å². The van der Waals surface area contributed by atoms with Crippen molar-refractivity contribution in [2.75, 3.05) is 19.6 Å². The van der Waals surface area contributed by atoms with Gasteiger partial charge in [-0.15, -0.1) is 0 Å². The first kappa shape index (κ1) is 30.1. The first-order valence-electron chi connectivity index (χ1n) is 11.3. The van der Waals surface area contributed by atoms with Gasteiger partial charge in [-0.05, 0) is 64.8 Å². The summed E-state index contributed by atoms with van der Waals surface area (Å²) in [6.07, 6.45) is -1.65. The minimum Gasteiger partial charge on any atom is -0.475 e. The summed E-state index contributed by atoms with van der Waals surface area (Å²) in [5.41, 5.74) is -0.292. The van der Waals surface area contributed by atoms with Gasteiger partial charge >= 0.3 is 12.1 Å². The largest absolute Gasteiger partial charge is 0.490 e. The maximum absolute atomic E-state index is 12.9. The number of nitrogens with zero attached hydrogens (tertiary/aromatic N) is 1. The van der Waals surface area contributed by atoms with E-state index in [9.17, 15) is 26.4 Å². The van der Waals surface area contributed by atoms with E-state index in [1.807, 2.05) is 40.7 Å². The molecular formula is C24H36F3NO5S. The van der Waals surface area contributed by atoms with Crippen LogP contribution in [0.1, 0.15) is 60.3 Å². The molecule has 1 saturated heterocycles. The van der Waals surface area contributed by atoms with Gasteiger partial charge in [0.25, 0.3) is 0 Å². The number of sulfone groups is 1. The number of aliphatic carboxylic acids is 1. The van der Waals surface area contributed by atoms with Gasteiger partial charge in [0.1, 0.15) is 5.78 Å². The van der Waals surface area contributed by atoms with Crippen molar-refractivity contribution in [2.45, 2.75) is 76.1 Å². The zero-order valence-electron chi connectivity index (χ0n) is 20.5. The second kappa shape index (κ2) is 11.7. The Morgan fingerprint density at radius 3 is 2.06 bits per heavy atom. The Morgan fingerprint density at radius 2 is 1.59 bits per heavy atom. The molecule has 34 heavy (non-hydrogen) atoms. The summed E-state index contributed by atoms with van der Waals surface area (Å²) in [6, 6.07) is 8.71. The molecule has 0 radical (unpaired) electrons. The summed E-state index contributed by atoms with van der Waals surface area (Å²) in [7, 11) is -3.36. The molecule has 194 valence electrons. The van der Waals surface area contributed by atoms with Crippen LogP contribution in [0.25, 0.3) is 0 Å². The van der Waals surface area contributed by atoms with E-state index >= 15 is 0 Å². The molecule has 0 saturated carbocycles. The summed E-state index contributed by atoms with van der Waals surface area (Å²) in [5, 5.41) is 7.12. The second-order valence-corrected chi connectivity index (χ2v) is 12.8. The lowest BCUT2D eigenvalue weighted by molar-refractivity contribution is -0.192. The molecule has 1 aliphatic heterocycles. The summed E-state index contributed by atoms with van der Waals surface area (Å²) in [5.74, 6) is -2.30. The number of hydrogen-bond acceptors (Lipinski definition) is 5. The molecule has 1 fully saturated rings. The van der Waals surface area contributed by atoms with Gasteiger partial charge in [-0.1, -0.05) is 39.0 Å². The van der Waals surface area contributed by atoms with Gasteiger partial charge in [-0.2, -0.15) is 13.2 Å². The number of alkyl halides is 3. The molecular weight excluding hydrogens is 471 g/mol. The number of carboxylic acid groups (broad SMARTS) is 1. The molecule has 0 aliphatic carbocycles. The maximum atomic E-state index is 12.9. The molecule has 1 aliphatic rings. The number of benzene rings is 1. The van der Waals surface area contributed by atoms with Crippen LogP contribution >= 0.6 is 0 Å². The van der Waals surface area contributed by atoms with Gasteiger partial charge in [-0.3, -0.25) is 4.79 Å². The zero-order valence-corrected chi connectivity index (χ0v) is 21.3. The van der Waals surface area contributed by atoms with Gasteiger partial charge in [0.15, 0.2) is 9.84 Å². The van der Waals surface area contributed by atoms with Gasteiger partial charge in [0.2, 0.25) is 0 Å². The van der Waals surface area contributed by atoms with Crippen molar-refractivity contribution in [2.24, 2.45) is 11.3 Å². The van der Waals surface area contributed by atoms with Gasteiger partial charge < -0.3 is 10.0 Å². The van der Waals surface area contributed by atoms with Crippen LogP contribution in [0, 0.1) is 11.3 Å². The van der Waals surface area contributed by atoms with Gasteiger partial charge in [0.05, 0.1) is 9.64 Å². The number of carbonyl (C=O) groups excluding carboxylic acids is 1. The van der Waals surface area contributed by atoms with Crippen molar-refractivity contribution >= 4 is 21.6 Å². The molecule has 1 aromatic carbocycles. The van der Waals surface area contributed by atoms with E-state index in [2.05, 4.69) is 4.90 Å². The number of halogens is 3. The van der Waals surface area contributed by atoms with Crippen LogP contribution in [0.4, 0.5) is 13.2 Å². The quantitative estimate of drug-likeness (QED) is 0.560. The normalized spacial score (nSPS) is 18.1. The number of ketones is 1. The number of hydrogen-bond donors (Lipinski definition) is 1. The van der Waals surface area contributed by atoms with Crippen LogP contribution in [0.2, 0.25) is 0 Å². The third-order valence-electron chi connectivity index (χ3n) is 5.89. The Balaban J connectivity index is 0.000000718. The molecule has 1 aromatic rings. The third-order valence-corrected chi connectivity index (χ3v) is 8.44. The Labute approximate surface area is 200 Å². The summed E-state index contributed by atoms with van der Waals surface area (Å²) in [6.45, 7) is 12.3.